The van der Waals surface area contributed by atoms with Gasteiger partial charge in [-0.1, -0.05) is 0 Å². The Morgan fingerprint density at radius 2 is 2.26 bits per heavy atom. The minimum Gasteiger partial charge on any atom is -0.505 e. The molecule has 2 aromatic rings. The van der Waals surface area contributed by atoms with Crippen molar-refractivity contribution in [2.45, 2.75) is 0 Å². The fourth-order valence-corrected chi connectivity index (χ4v) is 1.24. The zero-order valence-electron chi connectivity index (χ0n) is 9.22. The third-order valence-corrected chi connectivity index (χ3v) is 2.10. The van der Waals surface area contributed by atoms with E-state index in [2.05, 4.69) is 25.9 Å². The predicted octanol–water partition coefficient (Wildman–Crippen LogP) is 1.16. The Bertz CT molecular complexity index is 638. The number of benzene rings is 1. The first-order chi connectivity index (χ1) is 9.11. The van der Waals surface area contributed by atoms with Crippen LogP contribution in [-0.2, 0) is 0 Å². The molecule has 0 aliphatic carbocycles. The van der Waals surface area contributed by atoms with Crippen LogP contribution in [0.3, 0.4) is 0 Å². The molecule has 0 saturated heterocycles. The maximum absolute atomic E-state index is 13.0. The fraction of sp³-hybridized carbons (Fsp3) is 0. The first kappa shape index (κ1) is 12.4. The number of hydrogen-bond donors (Lipinski definition) is 3. The number of tetrazole rings is 1. The van der Waals surface area contributed by atoms with Crippen molar-refractivity contribution in [3.63, 3.8) is 0 Å². The van der Waals surface area contributed by atoms with E-state index in [9.17, 15) is 8.78 Å². The molecule has 0 spiro atoms. The quantitative estimate of drug-likeness (QED) is 0.717. The van der Waals surface area contributed by atoms with Gasteiger partial charge in [0, 0.05) is 24.0 Å². The minimum absolute atomic E-state index is 0.0259. The number of aromatic hydroxyl groups is 1. The lowest BCUT2D eigenvalue weighted by molar-refractivity contribution is 0.407. The Labute approximate surface area is 105 Å². The molecule has 0 unspecified atom stereocenters. The molecule has 0 saturated carbocycles. The molecule has 0 aliphatic rings. The molecular formula is C10H6F2N6O. The van der Waals surface area contributed by atoms with E-state index in [0.717, 1.165) is 12.1 Å². The number of rotatable bonds is 3. The molecule has 0 atom stereocenters. The number of aromatic nitrogens is 4. The third kappa shape index (κ3) is 2.63. The number of nitriles is 1. The van der Waals surface area contributed by atoms with Crippen LogP contribution in [-0.4, -0.2) is 25.7 Å². The van der Waals surface area contributed by atoms with Crippen LogP contribution >= 0.6 is 0 Å². The van der Waals surface area contributed by atoms with Gasteiger partial charge >= 0.3 is 0 Å². The molecule has 0 bridgehead atoms. The van der Waals surface area contributed by atoms with Gasteiger partial charge in [0.2, 0.25) is 5.82 Å². The van der Waals surface area contributed by atoms with Crippen molar-refractivity contribution < 1.29 is 13.9 Å². The number of allylic oxidation sites excluding steroid dienone is 1. The standard InChI is InChI=1S/C10H6F2N6O/c11-7-1-6(2-8(19)9(7)12)14-4-5(3-13)10-15-17-18-16-10/h1-2,4,14,19H,(H,15,16,17,18). The second-order valence-electron chi connectivity index (χ2n) is 3.34. The smallest absolute Gasteiger partial charge is 0.216 e. The van der Waals surface area contributed by atoms with Gasteiger partial charge in [0.25, 0.3) is 0 Å². The molecule has 0 fully saturated rings. The zero-order valence-corrected chi connectivity index (χ0v) is 9.22. The highest BCUT2D eigenvalue weighted by Crippen LogP contribution is 2.24. The van der Waals surface area contributed by atoms with E-state index in [-0.39, 0.29) is 17.1 Å². The number of nitrogens with zero attached hydrogens (tertiary/aromatic N) is 4. The van der Waals surface area contributed by atoms with Gasteiger partial charge in [0.15, 0.2) is 17.4 Å². The summed E-state index contributed by atoms with van der Waals surface area (Å²) >= 11 is 0. The van der Waals surface area contributed by atoms with Crippen LogP contribution in [0.1, 0.15) is 5.82 Å². The molecule has 1 heterocycles. The summed E-state index contributed by atoms with van der Waals surface area (Å²) in [6.07, 6.45) is 1.18. The van der Waals surface area contributed by atoms with Crippen LogP contribution < -0.4 is 5.32 Å². The van der Waals surface area contributed by atoms with E-state index in [1.54, 1.807) is 6.07 Å². The van der Waals surface area contributed by atoms with E-state index < -0.39 is 17.4 Å². The monoisotopic (exact) mass is 264 g/mol. The number of nitrogens with one attached hydrogen (secondary N) is 2. The topological polar surface area (TPSA) is 111 Å². The Morgan fingerprint density at radius 1 is 1.47 bits per heavy atom. The van der Waals surface area contributed by atoms with E-state index in [0.29, 0.717) is 0 Å². The minimum atomic E-state index is -1.34. The van der Waals surface area contributed by atoms with Gasteiger partial charge in [-0.15, -0.1) is 10.2 Å². The molecule has 9 heteroatoms. The Balaban J connectivity index is 2.25. The molecule has 0 radical (unpaired) electrons. The lowest BCUT2D eigenvalue weighted by Gasteiger charge is -2.03. The first-order valence-electron chi connectivity index (χ1n) is 4.90. The Hall–Kier alpha value is -3.02. The summed E-state index contributed by atoms with van der Waals surface area (Å²) in [6.45, 7) is 0. The molecule has 3 N–H and O–H groups in total. The SMILES string of the molecule is N#CC(=CNc1cc(O)c(F)c(F)c1)c1nn[nH]n1. The lowest BCUT2D eigenvalue weighted by Crippen LogP contribution is -1.95. The van der Waals surface area contributed by atoms with Crippen molar-refractivity contribution in [1.29, 1.82) is 5.26 Å². The van der Waals surface area contributed by atoms with Gasteiger partial charge in [-0.2, -0.15) is 14.9 Å². The molecule has 0 amide bonds. The maximum Gasteiger partial charge on any atom is 0.216 e. The number of anilines is 1. The van der Waals surface area contributed by atoms with Crippen molar-refractivity contribution >= 4 is 11.3 Å². The number of H-pyrrole nitrogens is 1. The summed E-state index contributed by atoms with van der Waals surface area (Å²) in [6, 6.07) is 3.60. The van der Waals surface area contributed by atoms with Gasteiger partial charge in [-0.3, -0.25) is 0 Å². The average Bonchev–Trinajstić information content (AvgIpc) is 2.90. The van der Waals surface area contributed by atoms with Crippen LogP contribution in [0.4, 0.5) is 14.5 Å². The van der Waals surface area contributed by atoms with E-state index in [1.807, 2.05) is 0 Å². The van der Waals surface area contributed by atoms with Gasteiger partial charge in [-0.25, -0.2) is 4.39 Å². The van der Waals surface area contributed by atoms with Crippen molar-refractivity contribution in [3.05, 3.63) is 35.8 Å². The summed E-state index contributed by atoms with van der Waals surface area (Å²) in [4.78, 5) is 0. The summed E-state index contributed by atoms with van der Waals surface area (Å²) in [5, 5.41) is 33.1. The van der Waals surface area contributed by atoms with Crippen molar-refractivity contribution in [2.24, 2.45) is 0 Å². The van der Waals surface area contributed by atoms with Crippen LogP contribution in [0.15, 0.2) is 18.3 Å². The van der Waals surface area contributed by atoms with Gasteiger partial charge in [0.1, 0.15) is 11.6 Å². The number of phenolic OH excluding ortho intramolecular Hbond substituents is 1. The lowest BCUT2D eigenvalue weighted by atomic mass is 10.2. The zero-order chi connectivity index (χ0) is 13.8. The fourth-order valence-electron chi connectivity index (χ4n) is 1.24. The highest BCUT2D eigenvalue weighted by molar-refractivity contribution is 5.74. The largest absolute Gasteiger partial charge is 0.505 e. The first-order valence-corrected chi connectivity index (χ1v) is 4.90. The van der Waals surface area contributed by atoms with E-state index in [1.165, 1.54) is 6.20 Å². The second-order valence-corrected chi connectivity index (χ2v) is 3.34. The maximum atomic E-state index is 13.0. The highest BCUT2D eigenvalue weighted by atomic mass is 19.2. The van der Waals surface area contributed by atoms with Gasteiger partial charge in [-0.05, 0) is 5.21 Å². The molecule has 0 aliphatic heterocycles. The van der Waals surface area contributed by atoms with Crippen molar-refractivity contribution in [2.75, 3.05) is 5.32 Å². The molecule has 1 aromatic carbocycles. The molecular weight excluding hydrogens is 258 g/mol. The number of halogens is 2. The molecule has 96 valence electrons. The van der Waals surface area contributed by atoms with Crippen molar-refractivity contribution in [1.82, 2.24) is 20.6 Å². The summed E-state index contributed by atoms with van der Waals surface area (Å²) < 4.78 is 25.9. The van der Waals surface area contributed by atoms with Crippen molar-refractivity contribution in [3.8, 4) is 11.8 Å². The Morgan fingerprint density at radius 3 is 2.84 bits per heavy atom. The Kier molecular flexibility index (Phi) is 3.33. The number of aromatic amines is 1. The van der Waals surface area contributed by atoms with E-state index >= 15 is 0 Å². The molecule has 7 nitrogen and oxygen atoms in total. The highest BCUT2D eigenvalue weighted by Gasteiger charge is 2.10. The normalized spacial score (nSPS) is 11.1. The number of phenols is 1. The third-order valence-electron chi connectivity index (χ3n) is 2.10. The summed E-state index contributed by atoms with van der Waals surface area (Å²) in [7, 11) is 0. The van der Waals surface area contributed by atoms with Crippen LogP contribution in [0.25, 0.3) is 5.57 Å². The van der Waals surface area contributed by atoms with E-state index in [4.69, 9.17) is 10.4 Å². The predicted molar refractivity (Wildman–Crippen MR) is 59.4 cm³/mol. The van der Waals surface area contributed by atoms with Gasteiger partial charge < -0.3 is 10.4 Å². The molecule has 2 rings (SSSR count). The molecule has 19 heavy (non-hydrogen) atoms. The number of hydrogen-bond acceptors (Lipinski definition) is 6. The van der Waals surface area contributed by atoms with Crippen LogP contribution in [0.5, 0.6) is 5.75 Å². The average molecular weight is 264 g/mol. The summed E-state index contributed by atoms with van der Waals surface area (Å²) in [5.41, 5.74) is 0.0885. The second kappa shape index (κ2) is 5.09. The van der Waals surface area contributed by atoms with Crippen LogP contribution in [0, 0.1) is 23.0 Å². The van der Waals surface area contributed by atoms with Crippen LogP contribution in [0.2, 0.25) is 0 Å². The molecule has 1 aromatic heterocycles. The van der Waals surface area contributed by atoms with Gasteiger partial charge in [0.05, 0.1) is 0 Å². The summed E-state index contributed by atoms with van der Waals surface area (Å²) in [5.74, 6) is -3.35.